The Labute approximate surface area is 123 Å². The van der Waals surface area contributed by atoms with Crippen LogP contribution in [0.2, 0.25) is 0 Å². The number of rotatable bonds is 6. The minimum Gasteiger partial charge on any atom is -0.469 e. The van der Waals surface area contributed by atoms with E-state index in [-0.39, 0.29) is 23.0 Å². The number of hydrogen-bond donors (Lipinski definition) is 0. The summed E-state index contributed by atoms with van der Waals surface area (Å²) in [5, 5.41) is 0. The van der Waals surface area contributed by atoms with E-state index in [0.717, 1.165) is 4.31 Å². The van der Waals surface area contributed by atoms with Crippen LogP contribution in [-0.4, -0.2) is 38.3 Å². The number of carbonyl (C=O) groups is 2. The Balaban J connectivity index is 1.94. The van der Waals surface area contributed by atoms with Crippen molar-refractivity contribution in [2.75, 3.05) is 13.7 Å². The fourth-order valence-corrected chi connectivity index (χ4v) is 3.86. The smallest absolute Gasteiger partial charge is 0.305 e. The molecule has 0 spiro atoms. The molecule has 1 aliphatic rings. The van der Waals surface area contributed by atoms with Crippen molar-refractivity contribution in [3.63, 3.8) is 0 Å². The van der Waals surface area contributed by atoms with Crippen molar-refractivity contribution in [1.82, 2.24) is 4.31 Å². The molecule has 0 unspecified atom stereocenters. The number of unbranched alkanes of at least 4 members (excludes halogenated alkanes) is 2. The lowest BCUT2D eigenvalue weighted by Crippen LogP contribution is -2.31. The number of benzene rings is 1. The van der Waals surface area contributed by atoms with Crippen LogP contribution in [0.25, 0.3) is 0 Å². The first kappa shape index (κ1) is 15.5. The van der Waals surface area contributed by atoms with Crippen molar-refractivity contribution < 1.29 is 22.7 Å². The predicted octanol–water partition coefficient (Wildman–Crippen LogP) is 1.56. The number of carbonyl (C=O) groups excluding carboxylic acids is 2. The summed E-state index contributed by atoms with van der Waals surface area (Å²) in [6.07, 6.45) is 2.10. The number of amides is 1. The van der Waals surface area contributed by atoms with Crippen LogP contribution in [0, 0.1) is 0 Å². The molecular formula is C14H17NO5S. The molecule has 1 aromatic rings. The van der Waals surface area contributed by atoms with Gasteiger partial charge in [0.15, 0.2) is 0 Å². The van der Waals surface area contributed by atoms with E-state index >= 15 is 0 Å². The molecule has 1 aliphatic heterocycles. The highest BCUT2D eigenvalue weighted by atomic mass is 32.2. The Morgan fingerprint density at radius 2 is 1.90 bits per heavy atom. The molecule has 1 amide bonds. The third kappa shape index (κ3) is 3.07. The summed E-state index contributed by atoms with van der Waals surface area (Å²) in [4.78, 5) is 23.1. The first-order valence-corrected chi connectivity index (χ1v) is 8.15. The molecule has 0 saturated heterocycles. The van der Waals surface area contributed by atoms with Gasteiger partial charge in [0.05, 0.1) is 12.7 Å². The van der Waals surface area contributed by atoms with E-state index in [0.29, 0.717) is 25.7 Å². The zero-order valence-corrected chi connectivity index (χ0v) is 12.6. The van der Waals surface area contributed by atoms with E-state index in [2.05, 4.69) is 4.74 Å². The molecule has 0 aliphatic carbocycles. The van der Waals surface area contributed by atoms with E-state index in [1.165, 1.54) is 19.2 Å². The van der Waals surface area contributed by atoms with E-state index in [1.54, 1.807) is 12.1 Å². The number of esters is 1. The van der Waals surface area contributed by atoms with Crippen LogP contribution in [0.15, 0.2) is 29.2 Å². The first-order chi connectivity index (χ1) is 9.98. The van der Waals surface area contributed by atoms with Gasteiger partial charge in [-0.05, 0) is 25.0 Å². The Morgan fingerprint density at radius 1 is 1.19 bits per heavy atom. The molecule has 0 saturated carbocycles. The van der Waals surface area contributed by atoms with Gasteiger partial charge in [-0.25, -0.2) is 12.7 Å². The summed E-state index contributed by atoms with van der Waals surface area (Å²) in [7, 11) is -2.38. The van der Waals surface area contributed by atoms with Crippen molar-refractivity contribution in [2.45, 2.75) is 30.6 Å². The summed E-state index contributed by atoms with van der Waals surface area (Å²) in [5.74, 6) is -0.758. The van der Waals surface area contributed by atoms with Crippen LogP contribution in [0.1, 0.15) is 36.0 Å². The molecule has 6 nitrogen and oxygen atoms in total. The average Bonchev–Trinajstić information content (AvgIpc) is 2.67. The quantitative estimate of drug-likeness (QED) is 0.588. The Bertz CT molecular complexity index is 653. The van der Waals surface area contributed by atoms with Crippen molar-refractivity contribution in [3.05, 3.63) is 29.8 Å². The van der Waals surface area contributed by atoms with Gasteiger partial charge in [0, 0.05) is 13.0 Å². The van der Waals surface area contributed by atoms with Crippen molar-refractivity contribution in [1.29, 1.82) is 0 Å². The number of ether oxygens (including phenoxy) is 1. The topological polar surface area (TPSA) is 80.8 Å². The zero-order valence-electron chi connectivity index (χ0n) is 11.7. The summed E-state index contributed by atoms with van der Waals surface area (Å²) in [5.41, 5.74) is 0.229. The van der Waals surface area contributed by atoms with Crippen molar-refractivity contribution in [3.8, 4) is 0 Å². The molecule has 2 rings (SSSR count). The lowest BCUT2D eigenvalue weighted by atomic mass is 10.2. The Kier molecular flexibility index (Phi) is 4.62. The average molecular weight is 311 g/mol. The van der Waals surface area contributed by atoms with Crippen LogP contribution in [0.4, 0.5) is 0 Å². The van der Waals surface area contributed by atoms with Crippen LogP contribution >= 0.6 is 0 Å². The molecule has 0 atom stereocenters. The zero-order chi connectivity index (χ0) is 15.5. The molecule has 1 aromatic carbocycles. The van der Waals surface area contributed by atoms with Crippen LogP contribution in [0.5, 0.6) is 0 Å². The number of sulfonamides is 1. The van der Waals surface area contributed by atoms with Gasteiger partial charge < -0.3 is 4.74 Å². The summed E-state index contributed by atoms with van der Waals surface area (Å²) >= 11 is 0. The molecule has 114 valence electrons. The van der Waals surface area contributed by atoms with Gasteiger partial charge in [-0.2, -0.15) is 0 Å². The highest BCUT2D eigenvalue weighted by molar-refractivity contribution is 7.90. The molecule has 0 fully saturated rings. The maximum Gasteiger partial charge on any atom is 0.305 e. The summed E-state index contributed by atoms with van der Waals surface area (Å²) < 4.78 is 29.9. The van der Waals surface area contributed by atoms with E-state index in [1.807, 2.05) is 0 Å². The highest BCUT2D eigenvalue weighted by Crippen LogP contribution is 2.30. The van der Waals surface area contributed by atoms with Gasteiger partial charge in [-0.15, -0.1) is 0 Å². The number of fused-ring (bicyclic) bond motifs is 1. The number of nitrogens with zero attached hydrogens (tertiary/aromatic N) is 1. The first-order valence-electron chi connectivity index (χ1n) is 6.71. The van der Waals surface area contributed by atoms with E-state index < -0.39 is 15.9 Å². The standard InChI is InChI=1S/C14H17NO5S/c1-20-13(16)9-3-2-6-10-15-14(17)11-7-4-5-8-12(11)21(15,18)19/h4-5,7-8H,2-3,6,9-10H2,1H3. The number of hydrogen-bond acceptors (Lipinski definition) is 5. The van der Waals surface area contributed by atoms with Crippen LogP contribution < -0.4 is 0 Å². The molecule has 1 heterocycles. The fourth-order valence-electron chi connectivity index (χ4n) is 2.26. The molecule has 0 aromatic heterocycles. The third-order valence-corrected chi connectivity index (χ3v) is 5.22. The maximum atomic E-state index is 12.2. The minimum atomic E-state index is -3.71. The van der Waals surface area contributed by atoms with Gasteiger partial charge >= 0.3 is 5.97 Å². The van der Waals surface area contributed by atoms with Crippen molar-refractivity contribution >= 4 is 21.9 Å². The molecule has 0 bridgehead atoms. The van der Waals surface area contributed by atoms with E-state index in [9.17, 15) is 18.0 Å². The summed E-state index contributed by atoms with van der Waals surface area (Å²) in [6, 6.07) is 6.21. The second-order valence-electron chi connectivity index (χ2n) is 4.77. The second-order valence-corrected chi connectivity index (χ2v) is 6.60. The largest absolute Gasteiger partial charge is 0.469 e. The van der Waals surface area contributed by atoms with Gasteiger partial charge in [0.25, 0.3) is 15.9 Å². The fraction of sp³-hybridized carbons (Fsp3) is 0.429. The normalized spacial score (nSPS) is 15.9. The lowest BCUT2D eigenvalue weighted by Gasteiger charge is -2.14. The van der Waals surface area contributed by atoms with Gasteiger partial charge in [0.1, 0.15) is 4.90 Å². The minimum absolute atomic E-state index is 0.0737. The molecule has 21 heavy (non-hydrogen) atoms. The van der Waals surface area contributed by atoms with Crippen LogP contribution in [-0.2, 0) is 19.6 Å². The second kappa shape index (κ2) is 6.26. The van der Waals surface area contributed by atoms with Gasteiger partial charge in [-0.1, -0.05) is 18.6 Å². The van der Waals surface area contributed by atoms with Crippen molar-refractivity contribution in [2.24, 2.45) is 0 Å². The van der Waals surface area contributed by atoms with Gasteiger partial charge in [0.2, 0.25) is 0 Å². The maximum absolute atomic E-state index is 12.2. The Hall–Kier alpha value is -1.89. The predicted molar refractivity (Wildman–Crippen MR) is 75.1 cm³/mol. The highest BCUT2D eigenvalue weighted by Gasteiger charge is 2.40. The lowest BCUT2D eigenvalue weighted by molar-refractivity contribution is -0.140. The Morgan fingerprint density at radius 3 is 2.57 bits per heavy atom. The molecule has 0 N–H and O–H groups in total. The third-order valence-electron chi connectivity index (χ3n) is 3.38. The molecule has 7 heteroatoms. The van der Waals surface area contributed by atoms with Crippen LogP contribution in [0.3, 0.4) is 0 Å². The molecule has 0 radical (unpaired) electrons. The van der Waals surface area contributed by atoms with Gasteiger partial charge in [-0.3, -0.25) is 9.59 Å². The monoisotopic (exact) mass is 311 g/mol. The summed E-state index contributed by atoms with van der Waals surface area (Å²) in [6.45, 7) is 0.136. The molecular weight excluding hydrogens is 294 g/mol. The number of methoxy groups -OCH3 is 1. The SMILES string of the molecule is COC(=O)CCCCCN1C(=O)c2ccccc2S1(=O)=O. The van der Waals surface area contributed by atoms with E-state index in [4.69, 9.17) is 0 Å².